The van der Waals surface area contributed by atoms with Crippen molar-refractivity contribution in [3.8, 4) is 0 Å². The Kier molecular flexibility index (Phi) is 4.94. The third-order valence-electron chi connectivity index (χ3n) is 2.98. The molecule has 6 heteroatoms. The van der Waals surface area contributed by atoms with Crippen molar-refractivity contribution in [2.45, 2.75) is 26.3 Å². The summed E-state index contributed by atoms with van der Waals surface area (Å²) in [5.74, 6) is -2.43. The summed E-state index contributed by atoms with van der Waals surface area (Å²) in [4.78, 5) is 13.6. The first kappa shape index (κ1) is 15.5. The van der Waals surface area contributed by atoms with Gasteiger partial charge in [0.05, 0.1) is 4.99 Å². The number of nitrogens with two attached hydrogens (primary N) is 1. The van der Waals surface area contributed by atoms with E-state index in [0.29, 0.717) is 6.42 Å². The minimum Gasteiger partial charge on any atom is -0.393 e. The fourth-order valence-corrected chi connectivity index (χ4v) is 1.90. The standard InChI is InChI=1S/C13H16F2N2OS/c1-7-4-5-9(14)11(12(7)15)13(18)17(3)8(2)6-10(16)19/h4-5,8H,6H2,1-3H3,(H2,16,19). The van der Waals surface area contributed by atoms with Gasteiger partial charge in [-0.3, -0.25) is 4.79 Å². The van der Waals surface area contributed by atoms with Gasteiger partial charge in [-0.05, 0) is 25.5 Å². The topological polar surface area (TPSA) is 46.3 Å². The molecule has 0 aliphatic heterocycles. The van der Waals surface area contributed by atoms with Crippen LogP contribution in [0.4, 0.5) is 8.78 Å². The fraction of sp³-hybridized carbons (Fsp3) is 0.385. The number of aryl methyl sites for hydroxylation is 1. The Morgan fingerprint density at radius 3 is 2.58 bits per heavy atom. The lowest BCUT2D eigenvalue weighted by atomic mass is 10.1. The van der Waals surface area contributed by atoms with Crippen LogP contribution in [0, 0.1) is 18.6 Å². The molecule has 1 aromatic carbocycles. The number of amides is 1. The van der Waals surface area contributed by atoms with E-state index in [1.807, 2.05) is 0 Å². The van der Waals surface area contributed by atoms with Gasteiger partial charge in [-0.1, -0.05) is 18.3 Å². The molecule has 0 spiro atoms. The lowest BCUT2D eigenvalue weighted by Crippen LogP contribution is -2.38. The minimum atomic E-state index is -0.873. The van der Waals surface area contributed by atoms with E-state index >= 15 is 0 Å². The highest BCUT2D eigenvalue weighted by Crippen LogP contribution is 2.19. The highest BCUT2D eigenvalue weighted by Gasteiger charge is 2.25. The molecule has 0 heterocycles. The highest BCUT2D eigenvalue weighted by atomic mass is 32.1. The highest BCUT2D eigenvalue weighted by molar-refractivity contribution is 7.80. The van der Waals surface area contributed by atoms with Gasteiger partial charge in [0, 0.05) is 19.5 Å². The van der Waals surface area contributed by atoms with E-state index in [4.69, 9.17) is 18.0 Å². The van der Waals surface area contributed by atoms with Crippen LogP contribution in [0.3, 0.4) is 0 Å². The molecule has 0 aromatic heterocycles. The molecule has 0 saturated carbocycles. The Labute approximate surface area is 116 Å². The van der Waals surface area contributed by atoms with Crippen LogP contribution in [0.1, 0.15) is 29.3 Å². The number of rotatable bonds is 4. The molecule has 104 valence electrons. The van der Waals surface area contributed by atoms with Gasteiger partial charge >= 0.3 is 0 Å². The van der Waals surface area contributed by atoms with E-state index in [1.165, 1.54) is 24.9 Å². The van der Waals surface area contributed by atoms with E-state index in [0.717, 1.165) is 6.07 Å². The second kappa shape index (κ2) is 6.06. The van der Waals surface area contributed by atoms with Crippen molar-refractivity contribution in [3.63, 3.8) is 0 Å². The molecule has 0 aliphatic carbocycles. The van der Waals surface area contributed by atoms with Crippen LogP contribution in [0.5, 0.6) is 0 Å². The predicted octanol–water partition coefficient (Wildman–Crippen LogP) is 2.41. The summed E-state index contributed by atoms with van der Waals surface area (Å²) in [5.41, 5.74) is 5.08. The first-order valence-corrected chi connectivity index (χ1v) is 6.16. The number of nitrogens with zero attached hydrogens (tertiary/aromatic N) is 1. The van der Waals surface area contributed by atoms with Crippen molar-refractivity contribution in [1.29, 1.82) is 0 Å². The van der Waals surface area contributed by atoms with Gasteiger partial charge in [0.25, 0.3) is 5.91 Å². The van der Waals surface area contributed by atoms with Crippen LogP contribution in [0.2, 0.25) is 0 Å². The molecular formula is C13H16F2N2OS. The number of carbonyl (C=O) groups is 1. The molecule has 0 saturated heterocycles. The van der Waals surface area contributed by atoms with Crippen molar-refractivity contribution in [1.82, 2.24) is 4.90 Å². The van der Waals surface area contributed by atoms with Crippen molar-refractivity contribution < 1.29 is 13.6 Å². The van der Waals surface area contributed by atoms with E-state index in [-0.39, 0.29) is 16.6 Å². The third kappa shape index (κ3) is 3.47. The zero-order valence-electron chi connectivity index (χ0n) is 11.0. The van der Waals surface area contributed by atoms with Crippen LogP contribution in [-0.2, 0) is 0 Å². The van der Waals surface area contributed by atoms with Gasteiger partial charge in [-0.25, -0.2) is 8.78 Å². The molecule has 1 rings (SSSR count). The summed E-state index contributed by atoms with van der Waals surface area (Å²) < 4.78 is 27.5. The first-order valence-electron chi connectivity index (χ1n) is 5.75. The number of carbonyl (C=O) groups excluding carboxylic acids is 1. The quantitative estimate of drug-likeness (QED) is 0.865. The summed E-state index contributed by atoms with van der Waals surface area (Å²) in [6.45, 7) is 3.19. The average molecular weight is 286 g/mol. The molecule has 3 nitrogen and oxygen atoms in total. The maximum absolute atomic E-state index is 13.9. The largest absolute Gasteiger partial charge is 0.393 e. The Hall–Kier alpha value is -1.56. The second-order valence-electron chi connectivity index (χ2n) is 4.49. The Balaban J connectivity index is 3.07. The first-order chi connectivity index (χ1) is 8.75. The third-order valence-corrected chi connectivity index (χ3v) is 3.14. The molecule has 0 bridgehead atoms. The molecule has 1 atom stereocenters. The van der Waals surface area contributed by atoms with Gasteiger partial charge in [-0.2, -0.15) is 0 Å². The second-order valence-corrected chi connectivity index (χ2v) is 5.01. The zero-order chi connectivity index (χ0) is 14.7. The molecule has 19 heavy (non-hydrogen) atoms. The number of benzene rings is 1. The van der Waals surface area contributed by atoms with E-state index in [1.54, 1.807) is 6.92 Å². The zero-order valence-corrected chi connectivity index (χ0v) is 11.9. The normalized spacial score (nSPS) is 12.1. The van der Waals surface area contributed by atoms with Crippen LogP contribution in [0.25, 0.3) is 0 Å². The summed E-state index contributed by atoms with van der Waals surface area (Å²) in [6, 6.07) is 2.04. The molecule has 0 aliphatic rings. The van der Waals surface area contributed by atoms with Gasteiger partial charge < -0.3 is 10.6 Å². The number of hydrogen-bond donors (Lipinski definition) is 1. The van der Waals surface area contributed by atoms with Crippen LogP contribution in [0.15, 0.2) is 12.1 Å². The van der Waals surface area contributed by atoms with Gasteiger partial charge in [-0.15, -0.1) is 0 Å². The van der Waals surface area contributed by atoms with Gasteiger partial charge in [0.15, 0.2) is 0 Å². The maximum atomic E-state index is 13.9. The van der Waals surface area contributed by atoms with Crippen molar-refractivity contribution in [3.05, 3.63) is 34.9 Å². The van der Waals surface area contributed by atoms with Crippen LogP contribution < -0.4 is 5.73 Å². The molecule has 1 unspecified atom stereocenters. The van der Waals surface area contributed by atoms with E-state index in [2.05, 4.69) is 0 Å². The monoisotopic (exact) mass is 286 g/mol. The summed E-state index contributed by atoms with van der Waals surface area (Å²) in [5, 5.41) is 0. The smallest absolute Gasteiger partial charge is 0.259 e. The Morgan fingerprint density at radius 2 is 2.05 bits per heavy atom. The molecule has 0 fully saturated rings. The Bertz CT molecular complexity index is 520. The molecule has 0 radical (unpaired) electrons. The van der Waals surface area contributed by atoms with E-state index in [9.17, 15) is 13.6 Å². The SMILES string of the molecule is Cc1ccc(F)c(C(=O)N(C)C(C)CC(N)=S)c1F. The lowest BCUT2D eigenvalue weighted by Gasteiger charge is -2.25. The molecule has 1 aromatic rings. The average Bonchev–Trinajstić information content (AvgIpc) is 2.32. The molecule has 1 amide bonds. The number of thiocarbonyl (C=S) groups is 1. The summed E-state index contributed by atoms with van der Waals surface area (Å²) in [7, 11) is 1.46. The van der Waals surface area contributed by atoms with Crippen molar-refractivity contribution in [2.75, 3.05) is 7.05 Å². The van der Waals surface area contributed by atoms with Gasteiger partial charge in [0.1, 0.15) is 17.2 Å². The molecular weight excluding hydrogens is 270 g/mol. The molecule has 2 N–H and O–H groups in total. The van der Waals surface area contributed by atoms with Crippen LogP contribution in [-0.4, -0.2) is 28.9 Å². The van der Waals surface area contributed by atoms with Crippen molar-refractivity contribution >= 4 is 23.1 Å². The summed E-state index contributed by atoms with van der Waals surface area (Å²) >= 11 is 4.76. The van der Waals surface area contributed by atoms with Crippen LogP contribution >= 0.6 is 12.2 Å². The number of halogens is 2. The summed E-state index contributed by atoms with van der Waals surface area (Å²) in [6.07, 6.45) is 0.298. The Morgan fingerprint density at radius 1 is 1.47 bits per heavy atom. The van der Waals surface area contributed by atoms with E-state index < -0.39 is 23.1 Å². The van der Waals surface area contributed by atoms with Crippen molar-refractivity contribution in [2.24, 2.45) is 5.73 Å². The minimum absolute atomic E-state index is 0.222. The van der Waals surface area contributed by atoms with Gasteiger partial charge in [0.2, 0.25) is 0 Å². The number of hydrogen-bond acceptors (Lipinski definition) is 2. The predicted molar refractivity (Wildman–Crippen MR) is 74.1 cm³/mol. The maximum Gasteiger partial charge on any atom is 0.259 e. The lowest BCUT2D eigenvalue weighted by molar-refractivity contribution is 0.0738. The fourth-order valence-electron chi connectivity index (χ4n) is 1.66.